The van der Waals surface area contributed by atoms with Gasteiger partial charge < -0.3 is 0 Å². The van der Waals surface area contributed by atoms with Gasteiger partial charge in [-0.2, -0.15) is 0 Å². The lowest BCUT2D eigenvalue weighted by Crippen LogP contribution is -2.08. The molecule has 0 aromatic heterocycles. The molecule has 0 saturated heterocycles. The van der Waals surface area contributed by atoms with E-state index in [0.29, 0.717) is 5.92 Å². The van der Waals surface area contributed by atoms with Crippen molar-refractivity contribution in [3.05, 3.63) is 71.8 Å². The van der Waals surface area contributed by atoms with E-state index in [1.807, 2.05) is 0 Å². The van der Waals surface area contributed by atoms with Gasteiger partial charge in [-0.15, -0.1) is 0 Å². The molecule has 1 unspecified atom stereocenters. The molecule has 0 radical (unpaired) electrons. The van der Waals surface area contributed by atoms with Gasteiger partial charge in [0.05, 0.1) is 0 Å². The van der Waals surface area contributed by atoms with E-state index in [0.717, 1.165) is 11.8 Å². The van der Waals surface area contributed by atoms with Crippen molar-refractivity contribution in [2.75, 3.05) is 0 Å². The van der Waals surface area contributed by atoms with Crippen molar-refractivity contribution in [2.24, 2.45) is 11.8 Å². The van der Waals surface area contributed by atoms with E-state index < -0.39 is 0 Å². The summed E-state index contributed by atoms with van der Waals surface area (Å²) in [5, 5.41) is 0. The van der Waals surface area contributed by atoms with Crippen LogP contribution in [0.15, 0.2) is 60.7 Å². The van der Waals surface area contributed by atoms with Gasteiger partial charge in [-0.05, 0) is 35.8 Å². The maximum absolute atomic E-state index is 2.37. The zero-order valence-electron chi connectivity index (χ0n) is 12.9. The van der Waals surface area contributed by atoms with Crippen LogP contribution in [0.4, 0.5) is 0 Å². The number of hydrogen-bond donors (Lipinski definition) is 0. The third kappa shape index (κ3) is 3.96. The van der Waals surface area contributed by atoms with Crippen molar-refractivity contribution in [2.45, 2.75) is 39.5 Å². The molecule has 0 aliphatic heterocycles. The minimum absolute atomic E-state index is 0.526. The van der Waals surface area contributed by atoms with Gasteiger partial charge in [0.2, 0.25) is 0 Å². The van der Waals surface area contributed by atoms with Crippen LogP contribution in [0.2, 0.25) is 0 Å². The molecule has 0 nitrogen and oxygen atoms in total. The number of rotatable bonds is 6. The minimum atomic E-state index is 0.526. The van der Waals surface area contributed by atoms with Crippen LogP contribution >= 0.6 is 0 Å². The third-order valence-electron chi connectivity index (χ3n) is 4.45. The lowest BCUT2D eigenvalue weighted by Gasteiger charge is -2.22. The fourth-order valence-corrected chi connectivity index (χ4v) is 2.66. The van der Waals surface area contributed by atoms with Crippen LogP contribution in [0, 0.1) is 11.8 Å². The molecule has 0 heteroatoms. The molecule has 0 saturated carbocycles. The van der Waals surface area contributed by atoms with Crippen LogP contribution in [0.5, 0.6) is 0 Å². The maximum atomic E-state index is 2.37. The van der Waals surface area contributed by atoms with Gasteiger partial charge in [0, 0.05) is 5.92 Å². The Labute approximate surface area is 123 Å². The van der Waals surface area contributed by atoms with Crippen LogP contribution in [0.25, 0.3) is 0 Å². The highest BCUT2D eigenvalue weighted by Gasteiger charge is 2.16. The second kappa shape index (κ2) is 7.28. The quantitative estimate of drug-likeness (QED) is 0.611. The molecule has 2 aromatic rings. The first kappa shape index (κ1) is 14.8. The molecule has 0 aliphatic rings. The SMILES string of the molecule is CC(C)C(C)CCC(c1ccccc1)c1ccccc1. The smallest absolute Gasteiger partial charge is 0.00894 e. The molecule has 0 aliphatic carbocycles. The highest BCUT2D eigenvalue weighted by atomic mass is 14.2. The Morgan fingerprint density at radius 1 is 0.650 bits per heavy atom. The summed E-state index contributed by atoms with van der Waals surface area (Å²) in [5.41, 5.74) is 2.88. The fourth-order valence-electron chi connectivity index (χ4n) is 2.66. The largest absolute Gasteiger partial charge is 0.0625 e. The topological polar surface area (TPSA) is 0 Å². The Kier molecular flexibility index (Phi) is 5.40. The molecule has 2 aromatic carbocycles. The lowest BCUT2D eigenvalue weighted by atomic mass is 9.83. The van der Waals surface area contributed by atoms with Crippen molar-refractivity contribution in [1.29, 1.82) is 0 Å². The molecule has 2 rings (SSSR count). The monoisotopic (exact) mass is 266 g/mol. The van der Waals surface area contributed by atoms with Gasteiger partial charge in [0.15, 0.2) is 0 Å². The van der Waals surface area contributed by atoms with E-state index in [4.69, 9.17) is 0 Å². The molecule has 20 heavy (non-hydrogen) atoms. The van der Waals surface area contributed by atoms with Crippen molar-refractivity contribution in [1.82, 2.24) is 0 Å². The molecular formula is C20H26. The average Bonchev–Trinajstić information content (AvgIpc) is 2.49. The van der Waals surface area contributed by atoms with Gasteiger partial charge in [0.1, 0.15) is 0 Å². The van der Waals surface area contributed by atoms with Crippen LogP contribution in [0.1, 0.15) is 50.7 Å². The average molecular weight is 266 g/mol. The van der Waals surface area contributed by atoms with Crippen LogP contribution < -0.4 is 0 Å². The Hall–Kier alpha value is -1.56. The van der Waals surface area contributed by atoms with E-state index in [1.54, 1.807) is 0 Å². The summed E-state index contributed by atoms with van der Waals surface area (Å²) in [5.74, 6) is 2.07. The summed E-state index contributed by atoms with van der Waals surface area (Å²) in [6, 6.07) is 21.8. The predicted molar refractivity (Wildman–Crippen MR) is 88.0 cm³/mol. The van der Waals surface area contributed by atoms with Crippen molar-refractivity contribution >= 4 is 0 Å². The van der Waals surface area contributed by atoms with Crippen LogP contribution in [-0.2, 0) is 0 Å². The Morgan fingerprint density at radius 2 is 1.10 bits per heavy atom. The zero-order valence-corrected chi connectivity index (χ0v) is 12.9. The Morgan fingerprint density at radius 3 is 1.50 bits per heavy atom. The highest BCUT2D eigenvalue weighted by molar-refractivity contribution is 5.32. The molecule has 1 atom stereocenters. The minimum Gasteiger partial charge on any atom is -0.0625 e. The molecule has 0 amide bonds. The first-order valence-electron chi connectivity index (χ1n) is 7.78. The highest BCUT2D eigenvalue weighted by Crippen LogP contribution is 2.31. The van der Waals surface area contributed by atoms with Crippen LogP contribution in [0.3, 0.4) is 0 Å². The third-order valence-corrected chi connectivity index (χ3v) is 4.45. The summed E-state index contributed by atoms with van der Waals surface area (Å²) < 4.78 is 0. The fraction of sp³-hybridized carbons (Fsp3) is 0.400. The van der Waals surface area contributed by atoms with Crippen molar-refractivity contribution in [3.63, 3.8) is 0 Å². The number of hydrogen-bond acceptors (Lipinski definition) is 0. The standard InChI is InChI=1S/C20H26/c1-16(2)17(3)14-15-20(18-10-6-4-7-11-18)19-12-8-5-9-13-19/h4-13,16-17,20H,14-15H2,1-3H3. The van der Waals surface area contributed by atoms with E-state index in [-0.39, 0.29) is 0 Å². The summed E-state index contributed by atoms with van der Waals surface area (Å²) in [6.07, 6.45) is 2.51. The summed E-state index contributed by atoms with van der Waals surface area (Å²) in [6.45, 7) is 7.02. The van der Waals surface area contributed by atoms with Gasteiger partial charge in [-0.3, -0.25) is 0 Å². The molecule has 0 fully saturated rings. The van der Waals surface area contributed by atoms with E-state index >= 15 is 0 Å². The van der Waals surface area contributed by atoms with Crippen molar-refractivity contribution in [3.8, 4) is 0 Å². The normalized spacial score (nSPS) is 12.8. The second-order valence-electron chi connectivity index (χ2n) is 6.17. The zero-order chi connectivity index (χ0) is 14.4. The van der Waals surface area contributed by atoms with E-state index in [1.165, 1.54) is 24.0 Å². The first-order chi connectivity index (χ1) is 9.68. The van der Waals surface area contributed by atoms with Crippen LogP contribution in [-0.4, -0.2) is 0 Å². The Balaban J connectivity index is 2.17. The van der Waals surface area contributed by atoms with Gasteiger partial charge >= 0.3 is 0 Å². The van der Waals surface area contributed by atoms with E-state index in [9.17, 15) is 0 Å². The molecule has 0 heterocycles. The van der Waals surface area contributed by atoms with Gasteiger partial charge in [-0.1, -0.05) is 81.4 Å². The predicted octanol–water partition coefficient (Wildman–Crippen LogP) is 5.89. The maximum Gasteiger partial charge on any atom is 0.00894 e. The lowest BCUT2D eigenvalue weighted by molar-refractivity contribution is 0.375. The first-order valence-corrected chi connectivity index (χ1v) is 7.78. The summed E-state index contributed by atoms with van der Waals surface area (Å²) >= 11 is 0. The number of benzene rings is 2. The van der Waals surface area contributed by atoms with Gasteiger partial charge in [-0.25, -0.2) is 0 Å². The van der Waals surface area contributed by atoms with E-state index in [2.05, 4.69) is 81.4 Å². The Bertz CT molecular complexity index is 444. The molecule has 106 valence electrons. The second-order valence-corrected chi connectivity index (χ2v) is 6.17. The van der Waals surface area contributed by atoms with Gasteiger partial charge in [0.25, 0.3) is 0 Å². The molecular weight excluding hydrogens is 240 g/mol. The summed E-state index contributed by atoms with van der Waals surface area (Å²) in [4.78, 5) is 0. The summed E-state index contributed by atoms with van der Waals surface area (Å²) in [7, 11) is 0. The van der Waals surface area contributed by atoms with Crippen molar-refractivity contribution < 1.29 is 0 Å². The molecule has 0 spiro atoms. The molecule has 0 N–H and O–H groups in total. The molecule has 0 bridgehead atoms.